The van der Waals surface area contributed by atoms with Gasteiger partial charge in [-0.1, -0.05) is 48.5 Å². The Morgan fingerprint density at radius 1 is 1.12 bits per heavy atom. The van der Waals surface area contributed by atoms with Crippen molar-refractivity contribution in [2.75, 3.05) is 6.54 Å². The lowest BCUT2D eigenvalue weighted by atomic mass is 9.93. The molecule has 2 unspecified atom stereocenters. The number of H-pyrrole nitrogens is 1. The molecule has 1 aliphatic rings. The molecule has 0 aliphatic carbocycles. The zero-order chi connectivity index (χ0) is 23.4. The maximum absolute atomic E-state index is 13.9. The standard InChI is InChI=1S/C27H34N4O2.ClH/c1-27(2,28)26(33)30-24(17-20-18-29-23-14-7-6-13-22(20)23)25(32)31-15-9-8-12-21(31)16-19-10-4-3-5-11-19;/h3-7,10-11,13-14,18,21,24,29H,8-9,12,15-17,28H2,1-2H3,(H,30,33);1H. The highest BCUT2D eigenvalue weighted by Crippen LogP contribution is 2.24. The van der Waals surface area contributed by atoms with E-state index in [-0.39, 0.29) is 30.3 Å². The Kier molecular flexibility index (Phi) is 8.39. The lowest BCUT2D eigenvalue weighted by Crippen LogP contribution is -2.59. The zero-order valence-electron chi connectivity index (χ0n) is 19.9. The molecule has 0 saturated carbocycles. The van der Waals surface area contributed by atoms with Crippen LogP contribution in [0.5, 0.6) is 0 Å². The highest BCUT2D eigenvalue weighted by atomic mass is 35.5. The summed E-state index contributed by atoms with van der Waals surface area (Å²) in [6.07, 6.45) is 6.23. The van der Waals surface area contributed by atoms with Crippen molar-refractivity contribution in [3.8, 4) is 0 Å². The van der Waals surface area contributed by atoms with Gasteiger partial charge in [0.2, 0.25) is 11.8 Å². The molecule has 1 saturated heterocycles. The van der Waals surface area contributed by atoms with Gasteiger partial charge in [0.15, 0.2) is 0 Å². The van der Waals surface area contributed by atoms with E-state index >= 15 is 0 Å². The minimum absolute atomic E-state index is 0. The first-order chi connectivity index (χ1) is 15.8. The molecule has 1 aromatic heterocycles. The fourth-order valence-electron chi connectivity index (χ4n) is 4.65. The normalized spacial score (nSPS) is 17.1. The van der Waals surface area contributed by atoms with Crippen LogP contribution in [0.1, 0.15) is 44.2 Å². The van der Waals surface area contributed by atoms with E-state index in [1.807, 2.05) is 53.6 Å². The molecule has 1 aliphatic heterocycles. The number of carbonyl (C=O) groups excluding carboxylic acids is 2. The van der Waals surface area contributed by atoms with Gasteiger partial charge in [-0.25, -0.2) is 0 Å². The van der Waals surface area contributed by atoms with Gasteiger partial charge >= 0.3 is 0 Å². The maximum atomic E-state index is 13.9. The third-order valence-corrected chi connectivity index (χ3v) is 6.51. The predicted octanol–water partition coefficient (Wildman–Crippen LogP) is 3.98. The molecular formula is C27H35ClN4O2. The van der Waals surface area contributed by atoms with Gasteiger partial charge in [-0.3, -0.25) is 9.59 Å². The van der Waals surface area contributed by atoms with Crippen LogP contribution in [0.3, 0.4) is 0 Å². The molecule has 7 heteroatoms. The highest BCUT2D eigenvalue weighted by molar-refractivity contribution is 5.92. The summed E-state index contributed by atoms with van der Waals surface area (Å²) in [5.41, 5.74) is 8.24. The monoisotopic (exact) mass is 482 g/mol. The van der Waals surface area contributed by atoms with Crippen molar-refractivity contribution in [2.24, 2.45) is 5.73 Å². The molecule has 0 bridgehead atoms. The minimum Gasteiger partial charge on any atom is -0.361 e. The molecule has 0 radical (unpaired) electrons. The van der Waals surface area contributed by atoms with Crippen LogP contribution < -0.4 is 11.1 Å². The average molecular weight is 483 g/mol. The number of para-hydroxylation sites is 1. The van der Waals surface area contributed by atoms with Crippen LogP contribution in [-0.4, -0.2) is 45.9 Å². The summed E-state index contributed by atoms with van der Waals surface area (Å²) in [6, 6.07) is 17.8. The van der Waals surface area contributed by atoms with E-state index in [2.05, 4.69) is 22.4 Å². The van der Waals surface area contributed by atoms with Gasteiger partial charge in [-0.2, -0.15) is 0 Å². The number of nitrogens with zero attached hydrogens (tertiary/aromatic N) is 1. The molecule has 4 rings (SSSR count). The average Bonchev–Trinajstić information content (AvgIpc) is 3.21. The number of aromatic amines is 1. The molecule has 2 atom stereocenters. The number of hydrogen-bond donors (Lipinski definition) is 3. The second kappa shape index (κ2) is 11.1. The summed E-state index contributed by atoms with van der Waals surface area (Å²) < 4.78 is 0. The molecule has 2 aromatic carbocycles. The number of rotatable bonds is 7. The van der Waals surface area contributed by atoms with Crippen molar-refractivity contribution >= 4 is 35.1 Å². The summed E-state index contributed by atoms with van der Waals surface area (Å²) in [4.78, 5) is 32.0. The Morgan fingerprint density at radius 3 is 2.56 bits per heavy atom. The number of nitrogens with two attached hydrogens (primary N) is 1. The molecule has 1 fully saturated rings. The number of carbonyl (C=O) groups is 2. The molecule has 4 N–H and O–H groups in total. The largest absolute Gasteiger partial charge is 0.361 e. The van der Waals surface area contributed by atoms with E-state index in [1.54, 1.807) is 13.8 Å². The smallest absolute Gasteiger partial charge is 0.245 e. The van der Waals surface area contributed by atoms with Crippen LogP contribution in [0.15, 0.2) is 60.8 Å². The first kappa shape index (κ1) is 25.8. The lowest BCUT2D eigenvalue weighted by Gasteiger charge is -2.38. The van der Waals surface area contributed by atoms with Gasteiger partial charge in [0.1, 0.15) is 6.04 Å². The molecule has 0 spiro atoms. The molecule has 182 valence electrons. The summed E-state index contributed by atoms with van der Waals surface area (Å²) >= 11 is 0. The number of benzene rings is 2. The summed E-state index contributed by atoms with van der Waals surface area (Å²) in [7, 11) is 0. The molecule has 6 nitrogen and oxygen atoms in total. The van der Waals surface area contributed by atoms with Crippen LogP contribution in [0, 0.1) is 0 Å². The second-order valence-electron chi connectivity index (χ2n) is 9.68. The van der Waals surface area contributed by atoms with Crippen molar-refractivity contribution in [2.45, 2.75) is 63.6 Å². The van der Waals surface area contributed by atoms with E-state index < -0.39 is 11.6 Å². The highest BCUT2D eigenvalue weighted by Gasteiger charge is 2.35. The summed E-state index contributed by atoms with van der Waals surface area (Å²) in [5, 5.41) is 4.04. The lowest BCUT2D eigenvalue weighted by molar-refractivity contribution is -0.140. The third-order valence-electron chi connectivity index (χ3n) is 6.51. The summed E-state index contributed by atoms with van der Waals surface area (Å²) in [5.74, 6) is -0.351. The Bertz CT molecular complexity index is 1110. The van der Waals surface area contributed by atoms with Crippen LogP contribution in [-0.2, 0) is 22.4 Å². The van der Waals surface area contributed by atoms with Gasteiger partial charge in [0.25, 0.3) is 0 Å². The number of halogens is 1. The number of nitrogens with one attached hydrogen (secondary N) is 2. The van der Waals surface area contributed by atoms with Crippen LogP contribution >= 0.6 is 12.4 Å². The molecule has 2 amide bonds. The first-order valence-corrected chi connectivity index (χ1v) is 11.8. The topological polar surface area (TPSA) is 91.2 Å². The van der Waals surface area contributed by atoms with E-state index in [1.165, 1.54) is 5.56 Å². The predicted molar refractivity (Wildman–Crippen MR) is 139 cm³/mol. The summed E-state index contributed by atoms with van der Waals surface area (Å²) in [6.45, 7) is 4.03. The molecule has 2 heterocycles. The first-order valence-electron chi connectivity index (χ1n) is 11.8. The van der Waals surface area contributed by atoms with Gasteiger partial charge in [0, 0.05) is 36.1 Å². The van der Waals surface area contributed by atoms with Crippen molar-refractivity contribution in [1.29, 1.82) is 0 Å². The Labute approximate surface area is 207 Å². The van der Waals surface area contributed by atoms with Crippen molar-refractivity contribution in [1.82, 2.24) is 15.2 Å². The molecule has 3 aromatic rings. The third kappa shape index (κ3) is 5.99. The number of fused-ring (bicyclic) bond motifs is 1. The van der Waals surface area contributed by atoms with Gasteiger partial charge in [-0.15, -0.1) is 12.4 Å². The van der Waals surface area contributed by atoms with E-state index in [4.69, 9.17) is 5.73 Å². The number of likely N-dealkylation sites (tertiary alicyclic amines) is 1. The van der Waals surface area contributed by atoms with Crippen LogP contribution in [0.2, 0.25) is 0 Å². The van der Waals surface area contributed by atoms with E-state index in [0.717, 1.165) is 42.1 Å². The van der Waals surface area contributed by atoms with Gasteiger partial charge in [-0.05, 0) is 56.7 Å². The second-order valence-corrected chi connectivity index (χ2v) is 9.68. The van der Waals surface area contributed by atoms with Crippen LogP contribution in [0.25, 0.3) is 10.9 Å². The van der Waals surface area contributed by atoms with Crippen molar-refractivity contribution in [3.63, 3.8) is 0 Å². The fourth-order valence-corrected chi connectivity index (χ4v) is 4.65. The minimum atomic E-state index is -1.07. The number of amides is 2. The van der Waals surface area contributed by atoms with E-state index in [0.29, 0.717) is 13.0 Å². The van der Waals surface area contributed by atoms with Gasteiger partial charge in [0.05, 0.1) is 5.54 Å². The Morgan fingerprint density at radius 2 is 1.82 bits per heavy atom. The van der Waals surface area contributed by atoms with Crippen molar-refractivity contribution in [3.05, 3.63) is 71.9 Å². The fraction of sp³-hybridized carbons (Fsp3) is 0.407. The Hall–Kier alpha value is -2.83. The number of aromatic nitrogens is 1. The zero-order valence-corrected chi connectivity index (χ0v) is 20.7. The Balaban J connectivity index is 0.00000324. The number of piperidine rings is 1. The molecular weight excluding hydrogens is 448 g/mol. The quantitative estimate of drug-likeness (QED) is 0.475. The van der Waals surface area contributed by atoms with Crippen molar-refractivity contribution < 1.29 is 9.59 Å². The van der Waals surface area contributed by atoms with E-state index in [9.17, 15) is 9.59 Å². The SMILES string of the molecule is CC(C)(N)C(=O)NC(Cc1c[nH]c2ccccc12)C(=O)N1CCCCC1Cc1ccccc1.Cl. The maximum Gasteiger partial charge on any atom is 0.245 e. The van der Waals surface area contributed by atoms with Gasteiger partial charge < -0.3 is 20.9 Å². The molecule has 34 heavy (non-hydrogen) atoms. The van der Waals surface area contributed by atoms with Crippen LogP contribution in [0.4, 0.5) is 0 Å². The number of hydrogen-bond acceptors (Lipinski definition) is 3.